The fraction of sp³-hybridized carbons (Fsp3) is 0.182. The number of hydrogen-bond acceptors (Lipinski definition) is 1. The van der Waals surface area contributed by atoms with E-state index in [9.17, 15) is 13.6 Å². The number of benzene rings is 1. The minimum Gasteiger partial charge on any atom is -0.322 e. The van der Waals surface area contributed by atoms with E-state index >= 15 is 0 Å². The van der Waals surface area contributed by atoms with Crippen LogP contribution in [0.5, 0.6) is 0 Å². The molecule has 0 aliphatic rings. The summed E-state index contributed by atoms with van der Waals surface area (Å²) in [6.45, 7) is 5.00. The van der Waals surface area contributed by atoms with Crippen LogP contribution in [-0.4, -0.2) is 5.91 Å². The van der Waals surface area contributed by atoms with Crippen molar-refractivity contribution in [3.8, 4) is 0 Å². The van der Waals surface area contributed by atoms with E-state index in [2.05, 4.69) is 27.8 Å². The molecule has 0 bridgehead atoms. The Morgan fingerprint density at radius 3 is 2.62 bits per heavy atom. The van der Waals surface area contributed by atoms with Crippen LogP contribution in [0.1, 0.15) is 18.9 Å². The highest BCUT2D eigenvalue weighted by Crippen LogP contribution is 2.29. The lowest BCUT2D eigenvalue weighted by Gasteiger charge is -2.08. The second-order valence-electron chi connectivity index (χ2n) is 3.27. The van der Waals surface area contributed by atoms with Gasteiger partial charge in [-0.05, 0) is 25.1 Å². The van der Waals surface area contributed by atoms with E-state index in [0.717, 1.165) is 0 Å². The highest BCUT2D eigenvalue weighted by molar-refractivity contribution is 9.10. The summed E-state index contributed by atoms with van der Waals surface area (Å²) in [5.74, 6) is -0.387. The smallest absolute Gasteiger partial charge is 0.265 e. The molecule has 1 N–H and O–H groups in total. The van der Waals surface area contributed by atoms with E-state index in [1.165, 1.54) is 18.2 Å². The van der Waals surface area contributed by atoms with E-state index in [4.69, 9.17) is 0 Å². The number of carbonyl (C=O) groups excluding carboxylic acids is 1. The summed E-state index contributed by atoms with van der Waals surface area (Å²) < 4.78 is 25.4. The van der Waals surface area contributed by atoms with E-state index in [0.29, 0.717) is 15.7 Å². The molecule has 1 rings (SSSR count). The van der Waals surface area contributed by atoms with Gasteiger partial charge in [0.1, 0.15) is 0 Å². The quantitative estimate of drug-likeness (QED) is 0.840. The van der Waals surface area contributed by atoms with Gasteiger partial charge in [-0.1, -0.05) is 22.5 Å². The van der Waals surface area contributed by atoms with Crippen LogP contribution in [0.15, 0.2) is 34.8 Å². The van der Waals surface area contributed by atoms with Gasteiger partial charge in [0.15, 0.2) is 0 Å². The van der Waals surface area contributed by atoms with E-state index in [1.807, 2.05) is 0 Å². The van der Waals surface area contributed by atoms with Gasteiger partial charge in [0, 0.05) is 21.3 Å². The third-order valence-corrected chi connectivity index (χ3v) is 2.60. The zero-order valence-electron chi connectivity index (χ0n) is 8.56. The molecule has 0 fully saturated rings. The van der Waals surface area contributed by atoms with Crippen molar-refractivity contribution in [2.75, 3.05) is 5.32 Å². The number of alkyl halides is 2. The fourth-order valence-electron chi connectivity index (χ4n) is 1.03. The van der Waals surface area contributed by atoms with Gasteiger partial charge in [0.25, 0.3) is 12.3 Å². The largest absolute Gasteiger partial charge is 0.322 e. The van der Waals surface area contributed by atoms with Crippen LogP contribution in [0.3, 0.4) is 0 Å². The Labute approximate surface area is 100 Å². The van der Waals surface area contributed by atoms with Crippen LogP contribution < -0.4 is 5.32 Å². The summed E-state index contributed by atoms with van der Waals surface area (Å²) in [6, 6.07) is 4.24. The highest BCUT2D eigenvalue weighted by Gasteiger charge is 2.13. The van der Waals surface area contributed by atoms with E-state index in [-0.39, 0.29) is 11.5 Å². The zero-order valence-corrected chi connectivity index (χ0v) is 10.1. The van der Waals surface area contributed by atoms with Crippen molar-refractivity contribution in [1.82, 2.24) is 0 Å². The molecule has 0 unspecified atom stereocenters. The van der Waals surface area contributed by atoms with Crippen molar-refractivity contribution in [1.29, 1.82) is 0 Å². The molecular weight excluding hydrogens is 280 g/mol. The second kappa shape index (κ2) is 5.21. The molecule has 0 heterocycles. The van der Waals surface area contributed by atoms with Crippen LogP contribution in [0, 0.1) is 0 Å². The molecule has 0 aromatic heterocycles. The highest BCUT2D eigenvalue weighted by atomic mass is 79.9. The number of nitrogens with one attached hydrogen (secondary N) is 1. The lowest BCUT2D eigenvalue weighted by molar-refractivity contribution is -0.112. The maximum Gasteiger partial charge on any atom is 0.265 e. The SMILES string of the molecule is C=C(C)C(=O)Nc1ccc(Br)c(C(F)F)c1. The van der Waals surface area contributed by atoms with Gasteiger partial charge in [0.2, 0.25) is 0 Å². The minimum absolute atomic E-state index is 0.153. The molecule has 1 aromatic rings. The van der Waals surface area contributed by atoms with Crippen molar-refractivity contribution in [3.63, 3.8) is 0 Å². The molecule has 0 aliphatic carbocycles. The lowest BCUT2D eigenvalue weighted by Crippen LogP contribution is -2.11. The summed E-state index contributed by atoms with van der Waals surface area (Å²) in [5, 5.41) is 2.47. The lowest BCUT2D eigenvalue weighted by atomic mass is 10.2. The maximum absolute atomic E-state index is 12.5. The second-order valence-corrected chi connectivity index (χ2v) is 4.13. The third-order valence-electron chi connectivity index (χ3n) is 1.88. The fourth-order valence-corrected chi connectivity index (χ4v) is 1.45. The molecule has 1 amide bonds. The molecule has 0 spiro atoms. The Morgan fingerprint density at radius 2 is 2.12 bits per heavy atom. The number of halogens is 3. The average molecular weight is 290 g/mol. The molecule has 1 aromatic carbocycles. The van der Waals surface area contributed by atoms with Crippen molar-refractivity contribution in [3.05, 3.63) is 40.4 Å². The maximum atomic E-state index is 12.5. The first kappa shape index (κ1) is 12.8. The molecule has 16 heavy (non-hydrogen) atoms. The number of anilines is 1. The van der Waals surface area contributed by atoms with E-state index < -0.39 is 6.43 Å². The van der Waals surface area contributed by atoms with Gasteiger partial charge < -0.3 is 5.32 Å². The first-order valence-electron chi connectivity index (χ1n) is 4.46. The Balaban J connectivity index is 2.95. The van der Waals surface area contributed by atoms with Crippen molar-refractivity contribution in [2.24, 2.45) is 0 Å². The number of rotatable bonds is 3. The van der Waals surface area contributed by atoms with Gasteiger partial charge in [-0.3, -0.25) is 4.79 Å². The number of amides is 1. The molecule has 0 saturated heterocycles. The molecule has 86 valence electrons. The number of hydrogen-bond donors (Lipinski definition) is 1. The van der Waals surface area contributed by atoms with Gasteiger partial charge in [-0.15, -0.1) is 0 Å². The summed E-state index contributed by atoms with van der Waals surface area (Å²) in [6.07, 6.45) is -2.59. The normalized spacial score (nSPS) is 10.3. The third kappa shape index (κ3) is 3.13. The molecule has 0 saturated carbocycles. The average Bonchev–Trinajstić information content (AvgIpc) is 2.20. The summed E-state index contributed by atoms with van der Waals surface area (Å²) in [4.78, 5) is 11.3. The molecule has 0 aliphatic heterocycles. The van der Waals surface area contributed by atoms with E-state index in [1.54, 1.807) is 6.92 Å². The van der Waals surface area contributed by atoms with Crippen molar-refractivity contribution >= 4 is 27.5 Å². The molecule has 0 atom stereocenters. The molecule has 5 heteroatoms. The van der Waals surface area contributed by atoms with Crippen LogP contribution in [0.4, 0.5) is 14.5 Å². The van der Waals surface area contributed by atoms with Crippen molar-refractivity contribution in [2.45, 2.75) is 13.3 Å². The van der Waals surface area contributed by atoms with Crippen LogP contribution in [-0.2, 0) is 4.79 Å². The monoisotopic (exact) mass is 289 g/mol. The van der Waals surface area contributed by atoms with Crippen molar-refractivity contribution < 1.29 is 13.6 Å². The van der Waals surface area contributed by atoms with Gasteiger partial charge in [-0.2, -0.15) is 0 Å². The predicted molar refractivity (Wildman–Crippen MR) is 62.5 cm³/mol. The van der Waals surface area contributed by atoms with Crippen LogP contribution in [0.2, 0.25) is 0 Å². The van der Waals surface area contributed by atoms with Crippen LogP contribution >= 0.6 is 15.9 Å². The van der Waals surface area contributed by atoms with Crippen LogP contribution in [0.25, 0.3) is 0 Å². The minimum atomic E-state index is -2.59. The summed E-state index contributed by atoms with van der Waals surface area (Å²) >= 11 is 3.02. The van der Waals surface area contributed by atoms with Gasteiger partial charge in [-0.25, -0.2) is 8.78 Å². The molecule has 2 nitrogen and oxygen atoms in total. The summed E-state index contributed by atoms with van der Waals surface area (Å²) in [5.41, 5.74) is 0.493. The summed E-state index contributed by atoms with van der Waals surface area (Å²) in [7, 11) is 0. The topological polar surface area (TPSA) is 29.1 Å². The number of carbonyl (C=O) groups is 1. The molecular formula is C11H10BrF2NO. The van der Waals surface area contributed by atoms with Gasteiger partial charge in [0.05, 0.1) is 0 Å². The standard InChI is InChI=1S/C11H10BrF2NO/c1-6(2)11(16)15-7-3-4-9(12)8(5-7)10(13)14/h3-5,10H,1H2,2H3,(H,15,16). The molecule has 0 radical (unpaired) electrons. The zero-order chi connectivity index (χ0) is 12.3. The van der Waals surface area contributed by atoms with Gasteiger partial charge >= 0.3 is 0 Å². The first-order chi connectivity index (χ1) is 7.41. The Morgan fingerprint density at radius 1 is 1.50 bits per heavy atom. The Hall–Kier alpha value is -1.23. The first-order valence-corrected chi connectivity index (χ1v) is 5.25. The Kier molecular flexibility index (Phi) is 4.18. The Bertz CT molecular complexity index is 432. The predicted octanol–water partition coefficient (Wildman–Crippen LogP) is 3.90.